The van der Waals surface area contributed by atoms with Crippen LogP contribution in [0.25, 0.3) is 16.9 Å². The van der Waals surface area contributed by atoms with Gasteiger partial charge in [0.2, 0.25) is 0 Å². The molecule has 5 heteroatoms. The Morgan fingerprint density at radius 3 is 2.38 bits per heavy atom. The number of rotatable bonds is 6. The Bertz CT molecular complexity index is 1090. The maximum Gasteiger partial charge on any atom is 0.255 e. The zero-order valence-electron chi connectivity index (χ0n) is 16.2. The van der Waals surface area contributed by atoms with Crippen LogP contribution in [-0.4, -0.2) is 27.2 Å². The number of pyridine rings is 1. The number of benzene rings is 2. The van der Waals surface area contributed by atoms with Crippen LogP contribution in [0.15, 0.2) is 85.2 Å². The van der Waals surface area contributed by atoms with E-state index in [0.717, 1.165) is 28.9 Å². The van der Waals surface area contributed by atoms with Gasteiger partial charge in [-0.05, 0) is 37.1 Å². The van der Waals surface area contributed by atoms with Gasteiger partial charge in [0.1, 0.15) is 5.69 Å². The van der Waals surface area contributed by atoms with Crippen molar-refractivity contribution < 1.29 is 4.79 Å². The summed E-state index contributed by atoms with van der Waals surface area (Å²) in [5.74, 6) is -0.118. The van der Waals surface area contributed by atoms with Gasteiger partial charge in [-0.15, -0.1) is 0 Å². The highest BCUT2D eigenvalue weighted by Crippen LogP contribution is 2.27. The predicted octanol–water partition coefficient (Wildman–Crippen LogP) is 4.22. The summed E-state index contributed by atoms with van der Waals surface area (Å²) >= 11 is 0. The number of hydrogen-bond acceptors (Lipinski definition) is 3. The highest BCUT2D eigenvalue weighted by atomic mass is 16.1. The summed E-state index contributed by atoms with van der Waals surface area (Å²) in [6.45, 7) is 2.47. The van der Waals surface area contributed by atoms with Crippen LogP contribution in [0.3, 0.4) is 0 Å². The molecule has 0 aliphatic rings. The molecule has 0 fully saturated rings. The molecule has 0 aliphatic carbocycles. The lowest BCUT2D eigenvalue weighted by Gasteiger charge is -2.07. The van der Waals surface area contributed by atoms with Gasteiger partial charge in [0.25, 0.3) is 5.91 Å². The summed E-state index contributed by atoms with van der Waals surface area (Å²) in [7, 11) is 0. The van der Waals surface area contributed by atoms with Crippen LogP contribution in [-0.2, 0) is 6.42 Å². The molecule has 0 unspecified atom stereocenters. The Morgan fingerprint density at radius 1 is 0.966 bits per heavy atom. The van der Waals surface area contributed by atoms with E-state index in [1.807, 2.05) is 90.6 Å². The number of carbonyl (C=O) groups is 1. The molecule has 2 aromatic carbocycles. The molecule has 0 saturated carbocycles. The smallest absolute Gasteiger partial charge is 0.255 e. The van der Waals surface area contributed by atoms with Gasteiger partial charge >= 0.3 is 0 Å². The van der Waals surface area contributed by atoms with Gasteiger partial charge in [0.15, 0.2) is 0 Å². The maximum atomic E-state index is 13.1. The van der Waals surface area contributed by atoms with Gasteiger partial charge in [-0.2, -0.15) is 5.10 Å². The van der Waals surface area contributed by atoms with E-state index >= 15 is 0 Å². The second kappa shape index (κ2) is 8.52. The van der Waals surface area contributed by atoms with Crippen molar-refractivity contribution in [1.29, 1.82) is 0 Å². The summed E-state index contributed by atoms with van der Waals surface area (Å²) in [5.41, 5.74) is 5.04. The van der Waals surface area contributed by atoms with E-state index in [2.05, 4.69) is 10.3 Å². The van der Waals surface area contributed by atoms with E-state index < -0.39 is 0 Å². The quantitative estimate of drug-likeness (QED) is 0.543. The van der Waals surface area contributed by atoms with Crippen LogP contribution in [0.1, 0.15) is 21.6 Å². The summed E-state index contributed by atoms with van der Waals surface area (Å²) in [5, 5.41) is 7.83. The van der Waals surface area contributed by atoms with Crippen molar-refractivity contribution >= 4 is 5.91 Å². The first-order valence-electron chi connectivity index (χ1n) is 9.61. The molecule has 4 rings (SSSR count). The number of nitrogens with one attached hydrogen (secondary N) is 1. The zero-order valence-corrected chi connectivity index (χ0v) is 16.2. The predicted molar refractivity (Wildman–Crippen MR) is 114 cm³/mol. The lowest BCUT2D eigenvalue weighted by atomic mass is 10.1. The van der Waals surface area contributed by atoms with Crippen LogP contribution in [0.4, 0.5) is 0 Å². The van der Waals surface area contributed by atoms with Crippen LogP contribution < -0.4 is 5.32 Å². The Kier molecular flexibility index (Phi) is 5.47. The van der Waals surface area contributed by atoms with Crippen LogP contribution >= 0.6 is 0 Å². The fraction of sp³-hybridized carbons (Fsp3) is 0.125. The Morgan fingerprint density at radius 2 is 1.69 bits per heavy atom. The number of amides is 1. The van der Waals surface area contributed by atoms with Gasteiger partial charge in [-0.3, -0.25) is 9.78 Å². The standard InChI is InChI=1S/C24H22N4O/c1-18-22(24(29)26-16-14-19-9-8-15-25-17-19)23(20-10-4-2-5-11-20)27-28(18)21-12-6-3-7-13-21/h2-13,15,17H,14,16H2,1H3,(H,26,29). The lowest BCUT2D eigenvalue weighted by Crippen LogP contribution is -2.26. The molecule has 0 aliphatic heterocycles. The lowest BCUT2D eigenvalue weighted by molar-refractivity contribution is 0.0954. The van der Waals surface area contributed by atoms with Gasteiger partial charge in [0, 0.05) is 24.5 Å². The molecular weight excluding hydrogens is 360 g/mol. The average Bonchev–Trinajstić information content (AvgIpc) is 3.13. The van der Waals surface area contributed by atoms with Crippen molar-refractivity contribution in [1.82, 2.24) is 20.1 Å². The van der Waals surface area contributed by atoms with Crippen LogP contribution in [0, 0.1) is 6.92 Å². The van der Waals surface area contributed by atoms with Gasteiger partial charge in [-0.1, -0.05) is 54.6 Å². The highest BCUT2D eigenvalue weighted by molar-refractivity contribution is 6.01. The first-order valence-corrected chi connectivity index (χ1v) is 9.61. The molecule has 4 aromatic rings. The summed E-state index contributed by atoms with van der Waals surface area (Å²) < 4.78 is 1.83. The third kappa shape index (κ3) is 4.09. The van der Waals surface area contributed by atoms with E-state index in [9.17, 15) is 4.79 Å². The molecule has 2 aromatic heterocycles. The fourth-order valence-corrected chi connectivity index (χ4v) is 3.35. The van der Waals surface area contributed by atoms with Gasteiger partial charge in [0.05, 0.1) is 16.9 Å². The molecule has 144 valence electrons. The van der Waals surface area contributed by atoms with Gasteiger partial charge in [-0.25, -0.2) is 4.68 Å². The van der Waals surface area contributed by atoms with Crippen molar-refractivity contribution in [3.05, 3.63) is 102 Å². The van der Waals surface area contributed by atoms with E-state index in [1.54, 1.807) is 6.20 Å². The van der Waals surface area contributed by atoms with Gasteiger partial charge < -0.3 is 5.32 Å². The van der Waals surface area contributed by atoms with Crippen molar-refractivity contribution in [2.75, 3.05) is 6.54 Å². The number of para-hydroxylation sites is 1. The number of aromatic nitrogens is 3. The van der Waals surface area contributed by atoms with E-state index in [-0.39, 0.29) is 5.91 Å². The van der Waals surface area contributed by atoms with Crippen molar-refractivity contribution in [2.24, 2.45) is 0 Å². The Hall–Kier alpha value is -3.73. The molecule has 0 spiro atoms. The molecule has 0 atom stereocenters. The molecule has 0 saturated heterocycles. The van der Waals surface area contributed by atoms with Crippen molar-refractivity contribution in [3.63, 3.8) is 0 Å². The minimum atomic E-state index is -0.118. The molecule has 2 heterocycles. The molecular formula is C24H22N4O. The van der Waals surface area contributed by atoms with Crippen LogP contribution in [0.2, 0.25) is 0 Å². The largest absolute Gasteiger partial charge is 0.352 e. The van der Waals surface area contributed by atoms with E-state index in [0.29, 0.717) is 17.8 Å². The normalized spacial score (nSPS) is 10.7. The highest BCUT2D eigenvalue weighted by Gasteiger charge is 2.22. The molecule has 29 heavy (non-hydrogen) atoms. The number of nitrogens with zero attached hydrogens (tertiary/aromatic N) is 3. The Balaban J connectivity index is 1.65. The van der Waals surface area contributed by atoms with E-state index in [1.165, 1.54) is 0 Å². The molecule has 1 amide bonds. The van der Waals surface area contributed by atoms with Crippen molar-refractivity contribution in [2.45, 2.75) is 13.3 Å². The third-order valence-electron chi connectivity index (χ3n) is 4.81. The second-order valence-electron chi connectivity index (χ2n) is 6.79. The minimum absolute atomic E-state index is 0.118. The Labute approximate surface area is 170 Å². The maximum absolute atomic E-state index is 13.1. The monoisotopic (exact) mass is 382 g/mol. The average molecular weight is 382 g/mol. The molecule has 1 N–H and O–H groups in total. The number of carbonyl (C=O) groups excluding carboxylic acids is 1. The molecule has 0 bridgehead atoms. The number of hydrogen-bond donors (Lipinski definition) is 1. The summed E-state index contributed by atoms with van der Waals surface area (Å²) in [4.78, 5) is 17.2. The SMILES string of the molecule is Cc1c(C(=O)NCCc2cccnc2)c(-c2ccccc2)nn1-c1ccccc1. The molecule has 5 nitrogen and oxygen atoms in total. The minimum Gasteiger partial charge on any atom is -0.352 e. The summed E-state index contributed by atoms with van der Waals surface area (Å²) in [6, 6.07) is 23.6. The van der Waals surface area contributed by atoms with Crippen molar-refractivity contribution in [3.8, 4) is 16.9 Å². The summed E-state index contributed by atoms with van der Waals surface area (Å²) in [6.07, 6.45) is 4.29. The first-order chi connectivity index (χ1) is 14.2. The van der Waals surface area contributed by atoms with E-state index in [4.69, 9.17) is 5.10 Å². The topological polar surface area (TPSA) is 59.8 Å². The van der Waals surface area contributed by atoms with Crippen LogP contribution in [0.5, 0.6) is 0 Å². The third-order valence-corrected chi connectivity index (χ3v) is 4.81. The second-order valence-corrected chi connectivity index (χ2v) is 6.79. The fourth-order valence-electron chi connectivity index (χ4n) is 3.35. The first kappa shape index (κ1) is 18.6. The zero-order chi connectivity index (χ0) is 20.1. The molecule has 0 radical (unpaired) electrons.